The topological polar surface area (TPSA) is 95.9 Å². The zero-order chi connectivity index (χ0) is 15.5. The number of phosphoric ester groups is 1. The van der Waals surface area contributed by atoms with Crippen molar-refractivity contribution in [1.29, 1.82) is 0 Å². The summed E-state index contributed by atoms with van der Waals surface area (Å²) in [6.07, 6.45) is 0. The Labute approximate surface area is 121 Å². The Bertz CT molecular complexity index is 696. The Morgan fingerprint density at radius 1 is 1.10 bits per heavy atom. The van der Waals surface area contributed by atoms with Gasteiger partial charge in [-0.05, 0) is 23.3 Å². The van der Waals surface area contributed by atoms with Gasteiger partial charge in [-0.25, -0.2) is 4.57 Å². The van der Waals surface area contributed by atoms with Gasteiger partial charge in [0.2, 0.25) is 5.91 Å². The van der Waals surface area contributed by atoms with Crippen LogP contribution in [0.2, 0.25) is 0 Å². The normalized spacial score (nSPS) is 11.0. The van der Waals surface area contributed by atoms with Crippen LogP contribution in [0.5, 0.6) is 5.75 Å². The summed E-state index contributed by atoms with van der Waals surface area (Å²) in [6, 6.07) is 14.0. The molecular weight excluding hydrogens is 293 g/mol. The molecule has 0 heterocycles. The fraction of sp³-hybridized carbons (Fsp3) is 0.0714. The summed E-state index contributed by atoms with van der Waals surface area (Å²) >= 11 is 0. The number of anilines is 1. The van der Waals surface area contributed by atoms with Gasteiger partial charge in [0.05, 0.1) is 5.69 Å². The van der Waals surface area contributed by atoms with Crippen LogP contribution in [0.25, 0.3) is 11.1 Å². The number of phosphoric acid groups is 1. The molecule has 0 aliphatic rings. The molecule has 0 radical (unpaired) electrons. The summed E-state index contributed by atoms with van der Waals surface area (Å²) in [5.41, 5.74) is 1.78. The van der Waals surface area contributed by atoms with Gasteiger partial charge in [-0.15, -0.1) is 0 Å². The highest BCUT2D eigenvalue weighted by Gasteiger charge is 2.19. The van der Waals surface area contributed by atoms with Crippen LogP contribution in [-0.2, 0) is 9.36 Å². The predicted molar refractivity (Wildman–Crippen MR) is 78.9 cm³/mol. The Balaban J connectivity index is 2.45. The van der Waals surface area contributed by atoms with Gasteiger partial charge in [-0.1, -0.05) is 36.4 Å². The quantitative estimate of drug-likeness (QED) is 0.755. The first-order chi connectivity index (χ1) is 9.85. The number of amides is 1. The number of hydrogen-bond acceptors (Lipinski definition) is 3. The lowest BCUT2D eigenvalue weighted by atomic mass is 10.1. The number of carbonyl (C=O) groups is 1. The average molecular weight is 307 g/mol. The lowest BCUT2D eigenvalue weighted by Gasteiger charge is -2.14. The number of benzene rings is 2. The Morgan fingerprint density at radius 3 is 2.33 bits per heavy atom. The lowest BCUT2D eigenvalue weighted by molar-refractivity contribution is -0.114. The van der Waals surface area contributed by atoms with Gasteiger partial charge in [-0.2, -0.15) is 0 Å². The van der Waals surface area contributed by atoms with E-state index in [1.165, 1.54) is 19.1 Å². The monoisotopic (exact) mass is 307 g/mol. The molecule has 0 fully saturated rings. The average Bonchev–Trinajstić information content (AvgIpc) is 2.39. The molecule has 0 bridgehead atoms. The van der Waals surface area contributed by atoms with Crippen LogP contribution in [0.1, 0.15) is 6.92 Å². The highest BCUT2D eigenvalue weighted by molar-refractivity contribution is 7.46. The maximum absolute atomic E-state index is 11.1. The molecule has 7 heteroatoms. The first-order valence-corrected chi connectivity index (χ1v) is 7.60. The van der Waals surface area contributed by atoms with Crippen molar-refractivity contribution in [1.82, 2.24) is 0 Å². The fourth-order valence-corrected chi connectivity index (χ4v) is 2.24. The van der Waals surface area contributed by atoms with Crippen LogP contribution >= 0.6 is 7.82 Å². The number of carbonyl (C=O) groups excluding carboxylic acids is 1. The van der Waals surface area contributed by atoms with Crippen LogP contribution in [0, 0.1) is 0 Å². The second kappa shape index (κ2) is 6.10. The Hall–Kier alpha value is -2.14. The van der Waals surface area contributed by atoms with Gasteiger partial charge in [0.25, 0.3) is 0 Å². The standard InChI is InChI=1S/C14H14NO5P/c1-10(16)15-13-8-7-12(11-5-3-2-4-6-11)9-14(13)20-21(17,18)19/h2-9H,1H3,(H,15,16)(H2,17,18,19). The minimum absolute atomic E-state index is 0.0834. The van der Waals surface area contributed by atoms with Gasteiger partial charge in [0.1, 0.15) is 0 Å². The van der Waals surface area contributed by atoms with E-state index < -0.39 is 7.82 Å². The number of rotatable bonds is 4. The van der Waals surface area contributed by atoms with E-state index in [9.17, 15) is 9.36 Å². The summed E-state index contributed by atoms with van der Waals surface area (Å²) in [4.78, 5) is 29.1. The molecule has 3 N–H and O–H groups in total. The van der Waals surface area contributed by atoms with Crippen molar-refractivity contribution in [3.05, 3.63) is 48.5 Å². The Kier molecular flexibility index (Phi) is 4.43. The minimum Gasteiger partial charge on any atom is -0.402 e. The summed E-state index contributed by atoms with van der Waals surface area (Å²) < 4.78 is 15.7. The zero-order valence-corrected chi connectivity index (χ0v) is 12.1. The molecule has 110 valence electrons. The zero-order valence-electron chi connectivity index (χ0n) is 11.2. The first-order valence-electron chi connectivity index (χ1n) is 6.07. The van der Waals surface area contributed by atoms with Crippen LogP contribution < -0.4 is 9.84 Å². The van der Waals surface area contributed by atoms with E-state index in [4.69, 9.17) is 9.79 Å². The molecule has 21 heavy (non-hydrogen) atoms. The SMILES string of the molecule is CC(=O)Nc1ccc(-c2ccccc2)cc1OP(=O)(O)O. The molecule has 0 spiro atoms. The summed E-state index contributed by atoms with van der Waals surface area (Å²) in [6.45, 7) is 1.30. The number of nitrogens with one attached hydrogen (secondary N) is 1. The summed E-state index contributed by atoms with van der Waals surface area (Å²) in [5, 5.41) is 2.47. The molecule has 0 saturated carbocycles. The van der Waals surface area contributed by atoms with Crippen LogP contribution in [-0.4, -0.2) is 15.7 Å². The second-order valence-electron chi connectivity index (χ2n) is 4.34. The van der Waals surface area contributed by atoms with Crippen molar-refractivity contribution in [2.45, 2.75) is 6.92 Å². The Morgan fingerprint density at radius 2 is 1.76 bits per heavy atom. The molecule has 1 amide bonds. The highest BCUT2D eigenvalue weighted by atomic mass is 31.2. The predicted octanol–water partition coefficient (Wildman–Crippen LogP) is 2.78. The molecule has 0 aromatic heterocycles. The molecule has 0 saturated heterocycles. The van der Waals surface area contributed by atoms with Crippen LogP contribution in [0.4, 0.5) is 5.69 Å². The van der Waals surface area contributed by atoms with Gasteiger partial charge in [-0.3, -0.25) is 14.6 Å². The van der Waals surface area contributed by atoms with Gasteiger partial charge in [0, 0.05) is 6.92 Å². The first kappa shape index (κ1) is 15.3. The molecule has 0 aliphatic carbocycles. The molecular formula is C14H14NO5P. The van der Waals surface area contributed by atoms with E-state index in [1.807, 2.05) is 30.3 Å². The van der Waals surface area contributed by atoms with E-state index in [1.54, 1.807) is 6.07 Å². The van der Waals surface area contributed by atoms with E-state index in [2.05, 4.69) is 9.84 Å². The maximum Gasteiger partial charge on any atom is 0.524 e. The summed E-state index contributed by atoms with van der Waals surface area (Å²) in [7, 11) is -4.72. The van der Waals surface area contributed by atoms with Gasteiger partial charge < -0.3 is 9.84 Å². The van der Waals surface area contributed by atoms with Crippen molar-refractivity contribution in [2.75, 3.05) is 5.32 Å². The van der Waals surface area contributed by atoms with E-state index >= 15 is 0 Å². The molecule has 2 aromatic rings. The highest BCUT2D eigenvalue weighted by Crippen LogP contribution is 2.42. The third-order valence-electron chi connectivity index (χ3n) is 2.62. The molecule has 6 nitrogen and oxygen atoms in total. The minimum atomic E-state index is -4.72. The fourth-order valence-electron chi connectivity index (χ4n) is 1.83. The largest absolute Gasteiger partial charge is 0.524 e. The summed E-state index contributed by atoms with van der Waals surface area (Å²) in [5.74, 6) is -0.446. The second-order valence-corrected chi connectivity index (χ2v) is 5.50. The van der Waals surface area contributed by atoms with Crippen molar-refractivity contribution in [3.63, 3.8) is 0 Å². The van der Waals surface area contributed by atoms with Crippen molar-refractivity contribution >= 4 is 19.4 Å². The number of hydrogen-bond donors (Lipinski definition) is 3. The van der Waals surface area contributed by atoms with Crippen molar-refractivity contribution < 1.29 is 23.7 Å². The molecule has 2 aromatic carbocycles. The molecule has 0 unspecified atom stereocenters. The van der Waals surface area contributed by atoms with E-state index in [-0.39, 0.29) is 17.3 Å². The van der Waals surface area contributed by atoms with Crippen molar-refractivity contribution in [3.8, 4) is 16.9 Å². The van der Waals surface area contributed by atoms with Crippen LogP contribution in [0.3, 0.4) is 0 Å². The molecule has 0 atom stereocenters. The smallest absolute Gasteiger partial charge is 0.402 e. The third-order valence-corrected chi connectivity index (χ3v) is 3.05. The van der Waals surface area contributed by atoms with E-state index in [0.717, 1.165) is 5.56 Å². The van der Waals surface area contributed by atoms with E-state index in [0.29, 0.717) is 5.56 Å². The molecule has 2 rings (SSSR count). The lowest BCUT2D eigenvalue weighted by Crippen LogP contribution is -2.07. The third kappa shape index (κ3) is 4.43. The van der Waals surface area contributed by atoms with Crippen molar-refractivity contribution in [2.24, 2.45) is 0 Å². The molecule has 0 aliphatic heterocycles. The van der Waals surface area contributed by atoms with Crippen LogP contribution in [0.15, 0.2) is 48.5 Å². The van der Waals surface area contributed by atoms with Gasteiger partial charge in [0.15, 0.2) is 5.75 Å². The van der Waals surface area contributed by atoms with Gasteiger partial charge >= 0.3 is 7.82 Å². The maximum atomic E-state index is 11.1.